The van der Waals surface area contributed by atoms with Crippen LogP contribution in [0.2, 0.25) is 0 Å². The van der Waals surface area contributed by atoms with Gasteiger partial charge in [0.05, 0.1) is 16.1 Å². The molecule has 0 radical (unpaired) electrons. The van der Waals surface area contributed by atoms with Crippen LogP contribution >= 0.6 is 27.5 Å². The van der Waals surface area contributed by atoms with Gasteiger partial charge in [0.15, 0.2) is 0 Å². The smallest absolute Gasteiger partial charge is 0.0723 e. The lowest BCUT2D eigenvalue weighted by atomic mass is 9.51. The van der Waals surface area contributed by atoms with Crippen molar-refractivity contribution in [1.82, 2.24) is 0 Å². The van der Waals surface area contributed by atoms with Crippen molar-refractivity contribution >= 4 is 27.5 Å². The Hall–Kier alpha value is 0.730. The third-order valence-electron chi connectivity index (χ3n) is 6.61. The van der Waals surface area contributed by atoms with Gasteiger partial charge in [0.25, 0.3) is 0 Å². The van der Waals surface area contributed by atoms with E-state index in [4.69, 9.17) is 16.3 Å². The van der Waals surface area contributed by atoms with Crippen molar-refractivity contribution in [2.75, 3.05) is 0 Å². The molecule has 0 unspecified atom stereocenters. The Kier molecular flexibility index (Phi) is 2.80. The zero-order valence-electron chi connectivity index (χ0n) is 11.9. The van der Waals surface area contributed by atoms with Gasteiger partial charge in [-0.15, -0.1) is 11.6 Å². The molecule has 104 valence electrons. The third kappa shape index (κ3) is 1.49. The van der Waals surface area contributed by atoms with Gasteiger partial charge in [-0.25, -0.2) is 0 Å². The molecule has 0 N–H and O–H groups in total. The topological polar surface area (TPSA) is 9.23 Å². The summed E-state index contributed by atoms with van der Waals surface area (Å²) in [5, 5.41) is 0. The molecule has 0 amide bonds. The highest BCUT2D eigenvalue weighted by atomic mass is 79.9. The molecule has 1 aliphatic carbocycles. The molecular weight excluding hydrogens is 312 g/mol. The van der Waals surface area contributed by atoms with Gasteiger partial charge in [0, 0.05) is 10.2 Å². The van der Waals surface area contributed by atoms with Gasteiger partial charge in [-0.3, -0.25) is 0 Å². The molecule has 2 saturated heterocycles. The Morgan fingerprint density at radius 1 is 1.11 bits per heavy atom. The van der Waals surface area contributed by atoms with Gasteiger partial charge in [0.2, 0.25) is 0 Å². The molecule has 2 aliphatic heterocycles. The van der Waals surface area contributed by atoms with Crippen molar-refractivity contribution < 1.29 is 4.74 Å². The maximum absolute atomic E-state index is 6.63. The minimum absolute atomic E-state index is 0.0700. The molecule has 18 heavy (non-hydrogen) atoms. The molecule has 0 aromatic carbocycles. The minimum Gasteiger partial charge on any atom is -0.368 e. The summed E-state index contributed by atoms with van der Waals surface area (Å²) in [6, 6.07) is 0. The van der Waals surface area contributed by atoms with E-state index in [9.17, 15) is 0 Å². The zero-order valence-corrected chi connectivity index (χ0v) is 14.2. The third-order valence-corrected chi connectivity index (χ3v) is 8.66. The van der Waals surface area contributed by atoms with E-state index < -0.39 is 0 Å². The molecule has 3 heteroatoms. The van der Waals surface area contributed by atoms with Crippen molar-refractivity contribution in [2.24, 2.45) is 11.3 Å². The van der Waals surface area contributed by atoms with E-state index in [0.29, 0.717) is 16.2 Å². The second kappa shape index (κ2) is 3.68. The van der Waals surface area contributed by atoms with Crippen molar-refractivity contribution in [1.29, 1.82) is 0 Å². The van der Waals surface area contributed by atoms with Crippen LogP contribution in [0.15, 0.2) is 0 Å². The molecular formula is C15H24BrClO. The minimum atomic E-state index is -0.0932. The van der Waals surface area contributed by atoms with Gasteiger partial charge in [-0.2, -0.15) is 0 Å². The Morgan fingerprint density at radius 3 is 2.28 bits per heavy atom. The Morgan fingerprint density at radius 2 is 1.78 bits per heavy atom. The summed E-state index contributed by atoms with van der Waals surface area (Å²) >= 11 is 10.5. The van der Waals surface area contributed by atoms with Crippen molar-refractivity contribution in [3.8, 4) is 0 Å². The summed E-state index contributed by atoms with van der Waals surface area (Å²) in [5.41, 5.74) is 0.491. The van der Waals surface area contributed by atoms with Gasteiger partial charge in [0.1, 0.15) is 0 Å². The highest BCUT2D eigenvalue weighted by Crippen LogP contribution is 2.69. The van der Waals surface area contributed by atoms with E-state index in [1.54, 1.807) is 0 Å². The van der Waals surface area contributed by atoms with Crippen molar-refractivity contribution in [2.45, 2.75) is 80.7 Å². The average molecular weight is 336 g/mol. The second-order valence-electron chi connectivity index (χ2n) is 7.47. The molecule has 0 aromatic heterocycles. The molecule has 6 atom stereocenters. The lowest BCUT2D eigenvalue weighted by molar-refractivity contribution is -0.0718. The van der Waals surface area contributed by atoms with E-state index in [-0.39, 0.29) is 16.1 Å². The van der Waals surface area contributed by atoms with Gasteiger partial charge >= 0.3 is 0 Å². The summed E-state index contributed by atoms with van der Waals surface area (Å²) in [6.45, 7) is 9.23. The molecule has 1 saturated carbocycles. The van der Waals surface area contributed by atoms with Crippen molar-refractivity contribution in [3.63, 3.8) is 0 Å². The van der Waals surface area contributed by atoms with E-state index >= 15 is 0 Å². The van der Waals surface area contributed by atoms with Crippen LogP contribution in [0.25, 0.3) is 0 Å². The highest BCUT2D eigenvalue weighted by molar-refractivity contribution is 9.09. The van der Waals surface area contributed by atoms with E-state index in [2.05, 4.69) is 43.6 Å². The number of hydrogen-bond donors (Lipinski definition) is 0. The fraction of sp³-hybridized carbons (Fsp3) is 1.00. The quantitative estimate of drug-likeness (QED) is 0.572. The lowest BCUT2D eigenvalue weighted by Crippen LogP contribution is -2.55. The fourth-order valence-electron chi connectivity index (χ4n) is 4.93. The van der Waals surface area contributed by atoms with E-state index in [1.807, 2.05) is 0 Å². The molecule has 3 aliphatic rings. The summed E-state index contributed by atoms with van der Waals surface area (Å²) in [6.07, 6.45) is 5.89. The van der Waals surface area contributed by atoms with Crippen LogP contribution in [0.1, 0.15) is 59.8 Å². The summed E-state index contributed by atoms with van der Waals surface area (Å²) < 4.78 is 6.51. The van der Waals surface area contributed by atoms with Crippen LogP contribution in [-0.2, 0) is 4.74 Å². The molecule has 3 fully saturated rings. The standard InChI is InChI=1S/C15H24BrClO/c1-10-13(3)6-7-14(4,18-13)15(10)8-5-12(2,17)11(16)9-15/h10-11H,5-9H2,1-4H3/t10-,11+,12+,13+,14-,15+/m0/s1. The number of ether oxygens (including phenoxy) is 1. The normalized spacial score (nSPS) is 63.7. The van der Waals surface area contributed by atoms with Crippen LogP contribution in [0.5, 0.6) is 0 Å². The first-order valence-corrected chi connectivity index (χ1v) is 8.48. The maximum Gasteiger partial charge on any atom is 0.0723 e. The predicted octanol–water partition coefficient (Wildman–Crippen LogP) is 4.90. The first-order valence-electron chi connectivity index (χ1n) is 7.18. The largest absolute Gasteiger partial charge is 0.368 e. The number of hydrogen-bond acceptors (Lipinski definition) is 1. The molecule has 2 bridgehead atoms. The monoisotopic (exact) mass is 334 g/mol. The lowest BCUT2D eigenvalue weighted by Gasteiger charge is -2.54. The number of rotatable bonds is 0. The molecule has 3 rings (SSSR count). The number of alkyl halides is 2. The first-order chi connectivity index (χ1) is 8.15. The van der Waals surface area contributed by atoms with Crippen LogP contribution < -0.4 is 0 Å². The van der Waals surface area contributed by atoms with E-state index in [1.165, 1.54) is 19.3 Å². The Labute approximate surface area is 124 Å². The first kappa shape index (κ1) is 13.7. The van der Waals surface area contributed by atoms with Crippen LogP contribution in [0.3, 0.4) is 0 Å². The van der Waals surface area contributed by atoms with Gasteiger partial charge < -0.3 is 4.74 Å². The zero-order chi connectivity index (χ0) is 13.4. The molecule has 0 aromatic rings. The Balaban J connectivity index is 1.97. The Bertz CT molecular complexity index is 385. The maximum atomic E-state index is 6.63. The summed E-state index contributed by atoms with van der Waals surface area (Å²) in [5.74, 6) is 0.636. The van der Waals surface area contributed by atoms with Crippen LogP contribution in [-0.4, -0.2) is 20.9 Å². The average Bonchev–Trinajstić information content (AvgIpc) is 2.66. The molecule has 1 spiro atoms. The van der Waals surface area contributed by atoms with Crippen molar-refractivity contribution in [3.05, 3.63) is 0 Å². The fourth-order valence-corrected chi connectivity index (χ4v) is 5.91. The number of halogens is 2. The molecule has 2 heterocycles. The SMILES string of the molecule is C[C@@H]1[C@]2(CC[C@@](C)(Cl)[C@H](Br)C2)[C@]2(C)CC[C@@]1(C)O2. The summed E-state index contributed by atoms with van der Waals surface area (Å²) in [7, 11) is 0. The number of fused-ring (bicyclic) bond motifs is 3. The summed E-state index contributed by atoms with van der Waals surface area (Å²) in [4.78, 5) is 0.301. The van der Waals surface area contributed by atoms with E-state index in [0.717, 1.165) is 12.8 Å². The highest BCUT2D eigenvalue weighted by Gasteiger charge is 2.70. The van der Waals surface area contributed by atoms with Gasteiger partial charge in [-0.1, -0.05) is 22.9 Å². The van der Waals surface area contributed by atoms with Crippen LogP contribution in [0, 0.1) is 11.3 Å². The second-order valence-corrected chi connectivity index (χ2v) is 9.44. The van der Waals surface area contributed by atoms with Crippen LogP contribution in [0.4, 0.5) is 0 Å². The predicted molar refractivity (Wildman–Crippen MR) is 79.6 cm³/mol. The molecule has 1 nitrogen and oxygen atoms in total. The van der Waals surface area contributed by atoms with Gasteiger partial charge in [-0.05, 0) is 58.8 Å².